The van der Waals surface area contributed by atoms with Gasteiger partial charge >= 0.3 is 168 Å². The Labute approximate surface area is 168 Å². The third-order valence-electron chi connectivity index (χ3n) is 5.94. The predicted molar refractivity (Wildman–Crippen MR) is 117 cm³/mol. The van der Waals surface area contributed by atoms with Crippen molar-refractivity contribution >= 4 is 21.4 Å². The topological polar surface area (TPSA) is 9.72 Å². The normalized spacial score (nSPS) is 11.9. The first-order valence-corrected chi connectivity index (χ1v) is 18.3. The minimum atomic E-state index is -1.32. The van der Waals surface area contributed by atoms with Gasteiger partial charge < -0.3 is 0 Å². The van der Waals surface area contributed by atoms with Crippen LogP contribution < -0.4 is 0 Å². The van der Waals surface area contributed by atoms with Crippen molar-refractivity contribution in [3.63, 3.8) is 0 Å². The Morgan fingerprint density at radius 2 is 0.680 bits per heavy atom. The van der Waals surface area contributed by atoms with Crippen LogP contribution in [0.15, 0.2) is 0 Å². The van der Waals surface area contributed by atoms with Gasteiger partial charge in [0.2, 0.25) is 0 Å². The summed E-state index contributed by atoms with van der Waals surface area (Å²) in [4.78, 5) is 7.82. The molecule has 0 aromatic rings. The van der Waals surface area contributed by atoms with Gasteiger partial charge in [0.25, 0.3) is 0 Å². The van der Waals surface area contributed by atoms with Crippen molar-refractivity contribution < 1.29 is 0 Å². The van der Waals surface area contributed by atoms with E-state index < -0.39 is 21.4 Å². The van der Waals surface area contributed by atoms with Gasteiger partial charge in [0, 0.05) is 0 Å². The Hall–Kier alpha value is 0.750. The van der Waals surface area contributed by atoms with Crippen molar-refractivity contribution in [1.82, 2.24) is 14.7 Å². The van der Waals surface area contributed by atoms with Crippen molar-refractivity contribution in [3.05, 3.63) is 0 Å². The molecule has 0 radical (unpaired) electrons. The molecule has 0 fully saturated rings. The molecule has 0 rings (SSSR count). The van der Waals surface area contributed by atoms with Crippen LogP contribution in [-0.4, -0.2) is 95.0 Å². The van der Waals surface area contributed by atoms with Crippen LogP contribution in [0.25, 0.3) is 0 Å². The maximum atomic E-state index is 2.61. The van der Waals surface area contributed by atoms with Crippen LogP contribution in [0.5, 0.6) is 0 Å². The summed E-state index contributed by atoms with van der Waals surface area (Å²) in [6, 6.07) is 0. The zero-order chi connectivity index (χ0) is 18.9. The number of nitrogens with zero attached hydrogens (tertiary/aromatic N) is 3. The average Bonchev–Trinajstić information content (AvgIpc) is 2.65. The van der Waals surface area contributed by atoms with Crippen LogP contribution in [0, 0.1) is 0 Å². The van der Waals surface area contributed by atoms with Gasteiger partial charge in [-0.2, -0.15) is 0 Å². The summed E-state index contributed by atoms with van der Waals surface area (Å²) in [6.45, 7) is 25.2. The monoisotopic (exact) mass is 457 g/mol. The summed E-state index contributed by atoms with van der Waals surface area (Å²) in [5.41, 5.74) is 0. The Bertz CT molecular complexity index is 221. The Morgan fingerprint density at radius 3 is 0.880 bits per heavy atom. The van der Waals surface area contributed by atoms with E-state index in [-0.39, 0.29) is 0 Å². The standard InChI is InChI=1S/3C7H16N.In/c3*1-4-7-8(5-2)6-3;/h3*1,4-7H2,2-3H3;. The molecule has 0 aromatic carbocycles. The molecule has 0 N–H and O–H groups in total. The first-order valence-electron chi connectivity index (χ1n) is 11.3. The van der Waals surface area contributed by atoms with E-state index in [4.69, 9.17) is 0 Å². The fourth-order valence-corrected chi connectivity index (χ4v) is 12.8. The van der Waals surface area contributed by atoms with Crippen molar-refractivity contribution in [2.45, 2.75) is 73.3 Å². The first kappa shape index (κ1) is 25.8. The molecule has 0 atom stereocenters. The van der Waals surface area contributed by atoms with Gasteiger partial charge in [0.05, 0.1) is 0 Å². The summed E-state index contributed by atoms with van der Waals surface area (Å²) in [7, 11) is 0. The van der Waals surface area contributed by atoms with Crippen LogP contribution in [-0.2, 0) is 0 Å². The van der Waals surface area contributed by atoms with Crippen LogP contribution in [0.4, 0.5) is 0 Å². The summed E-state index contributed by atoms with van der Waals surface area (Å²) >= 11 is -1.32. The van der Waals surface area contributed by atoms with E-state index in [2.05, 4.69) is 56.2 Å². The van der Waals surface area contributed by atoms with Gasteiger partial charge in [0.15, 0.2) is 0 Å². The maximum absolute atomic E-state index is 2.61. The fourth-order valence-electron chi connectivity index (χ4n) is 3.86. The van der Waals surface area contributed by atoms with Crippen molar-refractivity contribution in [2.24, 2.45) is 0 Å². The molecule has 0 aliphatic carbocycles. The van der Waals surface area contributed by atoms with Gasteiger partial charge in [-0.15, -0.1) is 0 Å². The van der Waals surface area contributed by atoms with E-state index in [1.54, 1.807) is 12.5 Å². The molecule has 0 saturated heterocycles. The molecule has 0 aliphatic heterocycles. The first-order chi connectivity index (χ1) is 12.1. The van der Waals surface area contributed by atoms with E-state index in [1.807, 2.05) is 0 Å². The van der Waals surface area contributed by atoms with Crippen molar-refractivity contribution in [3.8, 4) is 0 Å². The van der Waals surface area contributed by atoms with Gasteiger partial charge in [-0.25, -0.2) is 0 Å². The second kappa shape index (κ2) is 18.1. The number of hydrogen-bond donors (Lipinski definition) is 0. The van der Waals surface area contributed by atoms with E-state index >= 15 is 0 Å². The van der Waals surface area contributed by atoms with E-state index in [0.717, 1.165) is 0 Å². The minimum absolute atomic E-state index is 1.22. The molecule has 150 valence electrons. The summed E-state index contributed by atoms with van der Waals surface area (Å²) in [5.74, 6) is 0. The molecule has 0 unspecified atom stereocenters. The zero-order valence-corrected chi connectivity index (χ0v) is 21.8. The Balaban J connectivity index is 4.24. The molecular formula is C21H48InN3. The average molecular weight is 457 g/mol. The van der Waals surface area contributed by atoms with E-state index in [1.165, 1.54) is 78.2 Å². The molecule has 0 aromatic heterocycles. The van der Waals surface area contributed by atoms with E-state index in [9.17, 15) is 0 Å². The molecule has 0 amide bonds. The molecule has 0 heterocycles. The Morgan fingerprint density at radius 1 is 0.440 bits per heavy atom. The second-order valence-corrected chi connectivity index (χ2v) is 17.3. The molecule has 3 nitrogen and oxygen atoms in total. The molecule has 25 heavy (non-hydrogen) atoms. The van der Waals surface area contributed by atoms with Crippen LogP contribution in [0.3, 0.4) is 0 Å². The van der Waals surface area contributed by atoms with Gasteiger partial charge in [-0.1, -0.05) is 0 Å². The van der Waals surface area contributed by atoms with Gasteiger partial charge in [0.1, 0.15) is 0 Å². The summed E-state index contributed by atoms with van der Waals surface area (Å²) in [6.07, 6.45) is 4.41. The molecule has 0 bridgehead atoms. The second-order valence-electron chi connectivity index (χ2n) is 7.37. The third kappa shape index (κ3) is 13.5. The number of hydrogen-bond acceptors (Lipinski definition) is 3. The summed E-state index contributed by atoms with van der Waals surface area (Å²) < 4.78 is 4.90. The molecule has 0 saturated carbocycles. The Kier molecular flexibility index (Phi) is 18.7. The van der Waals surface area contributed by atoms with Crippen molar-refractivity contribution in [2.75, 3.05) is 58.9 Å². The van der Waals surface area contributed by atoms with Gasteiger partial charge in [-0.3, -0.25) is 0 Å². The molecular weight excluding hydrogens is 409 g/mol. The van der Waals surface area contributed by atoms with E-state index in [0.29, 0.717) is 0 Å². The summed E-state index contributed by atoms with van der Waals surface area (Å²) in [5, 5.41) is 0. The molecule has 4 heteroatoms. The SMILES string of the molecule is CCN(CC)CC[CH2][In]([CH2]CCN(CC)CC)[CH2]CCN(CC)CC. The van der Waals surface area contributed by atoms with Crippen LogP contribution in [0.2, 0.25) is 12.5 Å². The predicted octanol–water partition coefficient (Wildman–Crippen LogP) is 4.68. The van der Waals surface area contributed by atoms with Crippen LogP contribution in [0.1, 0.15) is 60.8 Å². The fraction of sp³-hybridized carbons (Fsp3) is 1.00. The zero-order valence-electron chi connectivity index (χ0n) is 18.5. The number of rotatable bonds is 18. The van der Waals surface area contributed by atoms with Crippen molar-refractivity contribution in [1.29, 1.82) is 0 Å². The molecule has 0 spiro atoms. The quantitative estimate of drug-likeness (QED) is 0.296. The van der Waals surface area contributed by atoms with Gasteiger partial charge in [-0.05, 0) is 0 Å². The van der Waals surface area contributed by atoms with Crippen LogP contribution >= 0.6 is 0 Å². The third-order valence-corrected chi connectivity index (χ3v) is 16.4. The molecule has 0 aliphatic rings.